The SMILES string of the molecule is CC(=O)N1CCC(c2cn3c(Cc4ccccc4OC(F)F)c(C)nc3cn2)CC1. The summed E-state index contributed by atoms with van der Waals surface area (Å²) >= 11 is 0. The number of aryl methyl sites for hydroxylation is 1. The minimum absolute atomic E-state index is 0.106. The van der Waals surface area contributed by atoms with Crippen molar-refractivity contribution in [3.05, 3.63) is 59.3 Å². The van der Waals surface area contributed by atoms with E-state index in [9.17, 15) is 13.6 Å². The third kappa shape index (κ3) is 4.13. The van der Waals surface area contributed by atoms with Gasteiger partial charge in [-0.25, -0.2) is 4.98 Å². The summed E-state index contributed by atoms with van der Waals surface area (Å²) in [7, 11) is 0. The molecule has 0 N–H and O–H groups in total. The third-order valence-corrected chi connectivity index (χ3v) is 5.73. The van der Waals surface area contributed by atoms with Crippen LogP contribution in [0, 0.1) is 6.92 Å². The standard InChI is InChI=1S/C22H24F2N4O2/c1-14-19(11-17-5-3-4-6-20(17)30-22(23)24)28-13-18(25-12-21(28)26-14)16-7-9-27(10-8-16)15(2)29/h3-6,12-13,16,22H,7-11H2,1-2H3. The lowest BCUT2D eigenvalue weighted by molar-refractivity contribution is -0.129. The van der Waals surface area contributed by atoms with Gasteiger partial charge in [-0.2, -0.15) is 8.78 Å². The van der Waals surface area contributed by atoms with Crippen LogP contribution in [0.2, 0.25) is 0 Å². The normalized spacial score (nSPS) is 15.2. The summed E-state index contributed by atoms with van der Waals surface area (Å²) in [6, 6.07) is 6.83. The van der Waals surface area contributed by atoms with Crippen molar-refractivity contribution in [2.24, 2.45) is 0 Å². The Morgan fingerprint density at radius 2 is 2.00 bits per heavy atom. The molecule has 6 nitrogen and oxygen atoms in total. The molecule has 3 heterocycles. The van der Waals surface area contributed by atoms with Gasteiger partial charge in [0.25, 0.3) is 0 Å². The lowest BCUT2D eigenvalue weighted by Crippen LogP contribution is -2.36. The van der Waals surface area contributed by atoms with Crippen LogP contribution in [0.1, 0.15) is 48.3 Å². The van der Waals surface area contributed by atoms with Crippen LogP contribution in [0.15, 0.2) is 36.7 Å². The molecule has 1 fully saturated rings. The average Bonchev–Trinajstić information content (AvgIpc) is 3.03. The summed E-state index contributed by atoms with van der Waals surface area (Å²) in [6.07, 6.45) is 5.90. The number of hydrogen-bond acceptors (Lipinski definition) is 4. The molecule has 1 aromatic carbocycles. The molecule has 1 aliphatic heterocycles. The summed E-state index contributed by atoms with van der Waals surface area (Å²) in [5, 5.41) is 0. The molecular formula is C22H24F2N4O2. The summed E-state index contributed by atoms with van der Waals surface area (Å²) in [4.78, 5) is 22.6. The van der Waals surface area contributed by atoms with E-state index in [1.54, 1.807) is 31.3 Å². The molecule has 158 valence electrons. The highest BCUT2D eigenvalue weighted by Crippen LogP contribution is 2.29. The minimum Gasteiger partial charge on any atom is -0.435 e. The number of carbonyl (C=O) groups excluding carboxylic acids is 1. The molecule has 1 aliphatic rings. The number of piperidine rings is 1. The highest BCUT2D eigenvalue weighted by Gasteiger charge is 2.24. The molecule has 8 heteroatoms. The molecule has 0 unspecified atom stereocenters. The number of aromatic nitrogens is 3. The first-order valence-electron chi connectivity index (χ1n) is 10.0. The van der Waals surface area contributed by atoms with Crippen molar-refractivity contribution in [1.29, 1.82) is 0 Å². The van der Waals surface area contributed by atoms with Crippen LogP contribution >= 0.6 is 0 Å². The Kier molecular flexibility index (Phi) is 5.65. The monoisotopic (exact) mass is 414 g/mol. The first-order valence-corrected chi connectivity index (χ1v) is 10.0. The Balaban J connectivity index is 1.63. The second-order valence-corrected chi connectivity index (χ2v) is 7.63. The first-order chi connectivity index (χ1) is 14.4. The zero-order valence-electron chi connectivity index (χ0n) is 17.0. The number of halogens is 2. The van der Waals surface area contributed by atoms with Gasteiger partial charge >= 0.3 is 6.61 Å². The van der Waals surface area contributed by atoms with Gasteiger partial charge in [0.15, 0.2) is 5.65 Å². The van der Waals surface area contributed by atoms with Gasteiger partial charge in [-0.1, -0.05) is 18.2 Å². The number of nitrogens with zero attached hydrogens (tertiary/aromatic N) is 4. The molecule has 3 aromatic rings. The number of amides is 1. The average molecular weight is 414 g/mol. The maximum atomic E-state index is 12.8. The van der Waals surface area contributed by atoms with Crippen LogP contribution in [0.3, 0.4) is 0 Å². The summed E-state index contributed by atoms with van der Waals surface area (Å²) in [6.45, 7) is 2.10. The molecular weight excluding hydrogens is 390 g/mol. The van der Waals surface area contributed by atoms with Crippen molar-refractivity contribution in [2.75, 3.05) is 13.1 Å². The summed E-state index contributed by atoms with van der Waals surface area (Å²) in [5.41, 5.74) is 4.10. The van der Waals surface area contributed by atoms with Gasteiger partial charge in [0.05, 0.1) is 17.6 Å². The van der Waals surface area contributed by atoms with Crippen LogP contribution in [0.4, 0.5) is 8.78 Å². The molecule has 1 saturated heterocycles. The number of rotatable bonds is 5. The quantitative estimate of drug-likeness (QED) is 0.634. The zero-order valence-corrected chi connectivity index (χ0v) is 17.0. The van der Waals surface area contributed by atoms with E-state index >= 15 is 0 Å². The highest BCUT2D eigenvalue weighted by molar-refractivity contribution is 5.73. The van der Waals surface area contributed by atoms with Crippen molar-refractivity contribution in [2.45, 2.75) is 45.6 Å². The van der Waals surface area contributed by atoms with Gasteiger partial charge in [0.2, 0.25) is 5.91 Å². The van der Waals surface area contributed by atoms with E-state index in [1.165, 1.54) is 0 Å². The Hall–Kier alpha value is -3.03. The van der Waals surface area contributed by atoms with Gasteiger partial charge in [-0.3, -0.25) is 9.78 Å². The van der Waals surface area contributed by atoms with Crippen molar-refractivity contribution < 1.29 is 18.3 Å². The number of imidazole rings is 1. The predicted octanol–water partition coefficient (Wildman–Crippen LogP) is 3.96. The lowest BCUT2D eigenvalue weighted by atomic mass is 9.94. The van der Waals surface area contributed by atoms with Crippen LogP contribution in [0.25, 0.3) is 5.65 Å². The van der Waals surface area contributed by atoms with Crippen molar-refractivity contribution in [3.63, 3.8) is 0 Å². The van der Waals surface area contributed by atoms with E-state index in [1.807, 2.05) is 28.5 Å². The van der Waals surface area contributed by atoms with Gasteiger partial charge in [-0.05, 0) is 25.8 Å². The van der Waals surface area contributed by atoms with E-state index in [0.717, 1.165) is 48.7 Å². The van der Waals surface area contributed by atoms with E-state index in [4.69, 9.17) is 0 Å². The molecule has 0 saturated carbocycles. The number of benzene rings is 1. The fourth-order valence-corrected chi connectivity index (χ4v) is 4.09. The van der Waals surface area contributed by atoms with Crippen molar-refractivity contribution >= 4 is 11.6 Å². The van der Waals surface area contributed by atoms with Crippen molar-refractivity contribution in [1.82, 2.24) is 19.3 Å². The summed E-state index contributed by atoms with van der Waals surface area (Å²) < 4.78 is 32.2. The maximum Gasteiger partial charge on any atom is 0.387 e. The number of carbonyl (C=O) groups is 1. The van der Waals surface area contributed by atoms with Crippen LogP contribution in [-0.4, -0.2) is 44.9 Å². The van der Waals surface area contributed by atoms with Gasteiger partial charge in [0, 0.05) is 49.8 Å². The molecule has 1 amide bonds. The van der Waals surface area contributed by atoms with E-state index in [-0.39, 0.29) is 17.6 Å². The fourth-order valence-electron chi connectivity index (χ4n) is 4.09. The number of ether oxygens (including phenoxy) is 1. The fraction of sp³-hybridized carbons (Fsp3) is 0.409. The second kappa shape index (κ2) is 8.38. The minimum atomic E-state index is -2.87. The van der Waals surface area contributed by atoms with Crippen LogP contribution in [0.5, 0.6) is 5.75 Å². The Morgan fingerprint density at radius 1 is 1.27 bits per heavy atom. The maximum absolute atomic E-state index is 12.8. The van der Waals surface area contributed by atoms with Crippen molar-refractivity contribution in [3.8, 4) is 5.75 Å². The van der Waals surface area contributed by atoms with E-state index < -0.39 is 6.61 Å². The van der Waals surface area contributed by atoms with Gasteiger partial charge < -0.3 is 14.0 Å². The number of likely N-dealkylation sites (tertiary alicyclic amines) is 1. The van der Waals surface area contributed by atoms with E-state index in [0.29, 0.717) is 12.0 Å². The molecule has 4 rings (SSSR count). The molecule has 0 aliphatic carbocycles. The lowest BCUT2D eigenvalue weighted by Gasteiger charge is -2.30. The van der Waals surface area contributed by atoms with Crippen LogP contribution < -0.4 is 4.74 Å². The molecule has 0 radical (unpaired) electrons. The summed E-state index contributed by atoms with van der Waals surface area (Å²) in [5.74, 6) is 0.553. The highest BCUT2D eigenvalue weighted by atomic mass is 19.3. The molecule has 30 heavy (non-hydrogen) atoms. The number of hydrogen-bond donors (Lipinski definition) is 0. The number of alkyl halides is 2. The Morgan fingerprint density at radius 3 is 2.70 bits per heavy atom. The van der Waals surface area contributed by atoms with E-state index in [2.05, 4.69) is 14.7 Å². The number of fused-ring (bicyclic) bond motifs is 1. The topological polar surface area (TPSA) is 59.7 Å². The predicted molar refractivity (Wildman–Crippen MR) is 108 cm³/mol. The smallest absolute Gasteiger partial charge is 0.387 e. The Bertz CT molecular complexity index is 1060. The molecule has 0 atom stereocenters. The zero-order chi connectivity index (χ0) is 21.3. The molecule has 0 bridgehead atoms. The molecule has 2 aromatic heterocycles. The molecule has 0 spiro atoms. The largest absolute Gasteiger partial charge is 0.435 e. The first kappa shape index (κ1) is 20.3. The second-order valence-electron chi connectivity index (χ2n) is 7.63. The number of para-hydroxylation sites is 1. The Labute approximate surface area is 173 Å². The van der Waals surface area contributed by atoms with Gasteiger partial charge in [0.1, 0.15) is 5.75 Å². The van der Waals surface area contributed by atoms with Crippen LogP contribution in [-0.2, 0) is 11.2 Å². The van der Waals surface area contributed by atoms with Gasteiger partial charge in [-0.15, -0.1) is 0 Å². The third-order valence-electron chi connectivity index (χ3n) is 5.73.